The lowest BCUT2D eigenvalue weighted by Crippen LogP contribution is -2.36. The number of sulfonamides is 1. The van der Waals surface area contributed by atoms with Gasteiger partial charge in [-0.15, -0.1) is 11.3 Å². The summed E-state index contributed by atoms with van der Waals surface area (Å²) in [5, 5.41) is 3.07. The third-order valence-electron chi connectivity index (χ3n) is 4.37. The van der Waals surface area contributed by atoms with Crippen molar-refractivity contribution in [2.45, 2.75) is 50.4 Å². The van der Waals surface area contributed by atoms with Crippen molar-refractivity contribution in [1.29, 1.82) is 0 Å². The molecule has 2 rings (SSSR count). The van der Waals surface area contributed by atoms with Crippen LogP contribution in [0.15, 0.2) is 10.3 Å². The Hall–Kier alpha value is -0.430. The predicted octanol–water partition coefficient (Wildman–Crippen LogP) is 2.49. The van der Waals surface area contributed by atoms with Gasteiger partial charge in [-0.3, -0.25) is 0 Å². The highest BCUT2D eigenvalue weighted by molar-refractivity contribution is 7.91. The van der Waals surface area contributed by atoms with Crippen molar-refractivity contribution in [2.24, 2.45) is 11.8 Å². The van der Waals surface area contributed by atoms with Crippen LogP contribution in [-0.2, 0) is 16.6 Å². The lowest BCUT2D eigenvalue weighted by molar-refractivity contribution is 0.402. The van der Waals surface area contributed by atoms with Gasteiger partial charge in [0.05, 0.1) is 0 Å². The topological polar surface area (TPSA) is 58.2 Å². The van der Waals surface area contributed by atoms with Gasteiger partial charge in [0.15, 0.2) is 0 Å². The van der Waals surface area contributed by atoms with Crippen LogP contribution in [0.5, 0.6) is 0 Å². The van der Waals surface area contributed by atoms with Gasteiger partial charge in [0.25, 0.3) is 0 Å². The fraction of sp³-hybridized carbons (Fsp3) is 0.714. The van der Waals surface area contributed by atoms with Crippen molar-refractivity contribution in [3.63, 3.8) is 0 Å². The first kappa shape index (κ1) is 15.9. The zero-order valence-corrected chi connectivity index (χ0v) is 14.2. The molecule has 3 unspecified atom stereocenters. The average Bonchev–Trinajstić information content (AvgIpc) is 2.89. The molecule has 1 aromatic heterocycles. The molecule has 1 aromatic rings. The van der Waals surface area contributed by atoms with Crippen molar-refractivity contribution in [2.75, 3.05) is 7.05 Å². The maximum Gasteiger partial charge on any atom is 0.250 e. The maximum absolute atomic E-state index is 12.5. The Morgan fingerprint density at radius 3 is 2.60 bits per heavy atom. The summed E-state index contributed by atoms with van der Waals surface area (Å²) in [5.41, 5.74) is 1.04. The number of aryl methyl sites for hydroxylation is 1. The van der Waals surface area contributed by atoms with Crippen molar-refractivity contribution in [3.8, 4) is 0 Å². The standard InChI is InChI=1S/C14H24N2O2S2/c1-9-5-6-12(11(9)3)16-20(17,18)14-7-10(2)13(19-14)8-15-4/h7,9,11-12,15-16H,5-6,8H2,1-4H3. The van der Waals surface area contributed by atoms with Gasteiger partial charge in [0, 0.05) is 17.5 Å². The Labute approximate surface area is 126 Å². The summed E-state index contributed by atoms with van der Waals surface area (Å²) in [6.45, 7) is 7.00. The van der Waals surface area contributed by atoms with Crippen LogP contribution < -0.4 is 10.0 Å². The fourth-order valence-corrected chi connectivity index (χ4v) is 5.72. The second-order valence-corrected chi connectivity index (χ2v) is 8.92. The van der Waals surface area contributed by atoms with Crippen LogP contribution in [0.25, 0.3) is 0 Å². The lowest BCUT2D eigenvalue weighted by atomic mass is 9.98. The van der Waals surface area contributed by atoms with Crippen LogP contribution >= 0.6 is 11.3 Å². The minimum atomic E-state index is -3.38. The molecule has 0 aromatic carbocycles. The van der Waals surface area contributed by atoms with Crippen molar-refractivity contribution < 1.29 is 8.42 Å². The molecule has 0 saturated heterocycles. The van der Waals surface area contributed by atoms with Gasteiger partial charge in [0.2, 0.25) is 10.0 Å². The van der Waals surface area contributed by atoms with Crippen molar-refractivity contribution in [3.05, 3.63) is 16.5 Å². The van der Waals surface area contributed by atoms with E-state index in [1.807, 2.05) is 14.0 Å². The molecule has 1 saturated carbocycles. The van der Waals surface area contributed by atoms with Crippen LogP contribution in [0.3, 0.4) is 0 Å². The van der Waals surface area contributed by atoms with E-state index in [0.717, 1.165) is 23.3 Å². The molecule has 1 fully saturated rings. The van der Waals surface area contributed by atoms with E-state index in [4.69, 9.17) is 0 Å². The van der Waals surface area contributed by atoms with Gasteiger partial charge in [-0.25, -0.2) is 13.1 Å². The Kier molecular flexibility index (Phi) is 4.89. The van der Waals surface area contributed by atoms with Crippen LogP contribution in [-0.4, -0.2) is 21.5 Å². The van der Waals surface area contributed by atoms with Crippen molar-refractivity contribution >= 4 is 21.4 Å². The Bertz CT molecular complexity index is 566. The molecule has 1 aliphatic rings. The second-order valence-electron chi connectivity index (χ2n) is 5.84. The fourth-order valence-electron chi connectivity index (χ4n) is 2.75. The summed E-state index contributed by atoms with van der Waals surface area (Å²) in [7, 11) is -1.51. The smallest absolute Gasteiger partial charge is 0.250 e. The zero-order chi connectivity index (χ0) is 14.9. The number of nitrogens with one attached hydrogen (secondary N) is 2. The first-order valence-electron chi connectivity index (χ1n) is 7.11. The van der Waals surface area contributed by atoms with E-state index in [1.54, 1.807) is 6.07 Å². The SMILES string of the molecule is CNCc1sc(S(=O)(=O)NC2CCC(C)C2C)cc1C. The summed E-state index contributed by atoms with van der Waals surface area (Å²) < 4.78 is 28.3. The predicted molar refractivity (Wildman–Crippen MR) is 83.5 cm³/mol. The van der Waals surface area contributed by atoms with Gasteiger partial charge in [-0.05, 0) is 50.3 Å². The van der Waals surface area contributed by atoms with Crippen LogP contribution in [0.4, 0.5) is 0 Å². The van der Waals surface area contributed by atoms with Gasteiger partial charge in [-0.2, -0.15) is 0 Å². The Morgan fingerprint density at radius 2 is 2.05 bits per heavy atom. The largest absolute Gasteiger partial charge is 0.315 e. The maximum atomic E-state index is 12.5. The van der Waals surface area contributed by atoms with Gasteiger partial charge in [0.1, 0.15) is 4.21 Å². The number of hydrogen-bond donors (Lipinski definition) is 2. The molecule has 0 aliphatic heterocycles. The van der Waals surface area contributed by atoms with Gasteiger partial charge in [-0.1, -0.05) is 13.8 Å². The van der Waals surface area contributed by atoms with Crippen LogP contribution in [0, 0.1) is 18.8 Å². The van der Waals surface area contributed by atoms with Crippen LogP contribution in [0.2, 0.25) is 0 Å². The Morgan fingerprint density at radius 1 is 1.35 bits per heavy atom. The number of thiophene rings is 1. The molecule has 114 valence electrons. The third kappa shape index (κ3) is 3.24. The van der Waals surface area contributed by atoms with Crippen LogP contribution in [0.1, 0.15) is 37.1 Å². The number of rotatable bonds is 5. The zero-order valence-electron chi connectivity index (χ0n) is 12.6. The van der Waals surface area contributed by atoms with E-state index >= 15 is 0 Å². The molecule has 1 heterocycles. The third-order valence-corrected chi connectivity index (χ3v) is 7.57. The van der Waals surface area contributed by atoms with E-state index in [1.165, 1.54) is 11.3 Å². The highest BCUT2D eigenvalue weighted by Gasteiger charge is 2.33. The normalized spacial score (nSPS) is 27.1. The van der Waals surface area contributed by atoms with E-state index in [0.29, 0.717) is 22.6 Å². The quantitative estimate of drug-likeness (QED) is 0.877. The molecule has 4 nitrogen and oxygen atoms in total. The van der Waals surface area contributed by atoms with Gasteiger partial charge < -0.3 is 5.32 Å². The summed E-state index contributed by atoms with van der Waals surface area (Å²) in [5.74, 6) is 0.996. The molecule has 0 radical (unpaired) electrons. The molecular weight excluding hydrogens is 292 g/mol. The highest BCUT2D eigenvalue weighted by Crippen LogP contribution is 2.33. The minimum Gasteiger partial charge on any atom is -0.315 e. The monoisotopic (exact) mass is 316 g/mol. The molecular formula is C14H24N2O2S2. The first-order chi connectivity index (χ1) is 9.35. The second kappa shape index (κ2) is 6.13. The molecule has 6 heteroatoms. The minimum absolute atomic E-state index is 0.0742. The van der Waals surface area contributed by atoms with E-state index in [9.17, 15) is 8.42 Å². The van der Waals surface area contributed by atoms with Gasteiger partial charge >= 0.3 is 0 Å². The molecule has 1 aliphatic carbocycles. The van der Waals surface area contributed by atoms with E-state index < -0.39 is 10.0 Å². The molecule has 0 amide bonds. The molecule has 3 atom stereocenters. The van der Waals surface area contributed by atoms with E-state index in [-0.39, 0.29) is 6.04 Å². The average molecular weight is 316 g/mol. The lowest BCUT2D eigenvalue weighted by Gasteiger charge is -2.19. The van der Waals surface area contributed by atoms with E-state index in [2.05, 4.69) is 23.9 Å². The first-order valence-corrected chi connectivity index (χ1v) is 9.41. The van der Waals surface area contributed by atoms with Crippen molar-refractivity contribution in [1.82, 2.24) is 10.0 Å². The molecule has 0 spiro atoms. The highest BCUT2D eigenvalue weighted by atomic mass is 32.2. The summed E-state index contributed by atoms with van der Waals surface area (Å²) in [6, 6.07) is 1.85. The summed E-state index contributed by atoms with van der Waals surface area (Å²) >= 11 is 1.36. The molecule has 2 N–H and O–H groups in total. The summed E-state index contributed by atoms with van der Waals surface area (Å²) in [4.78, 5) is 1.08. The summed E-state index contributed by atoms with van der Waals surface area (Å²) in [6.07, 6.45) is 2.04. The Balaban J connectivity index is 2.16. The molecule has 20 heavy (non-hydrogen) atoms. The number of hydrogen-bond acceptors (Lipinski definition) is 4. The molecule has 0 bridgehead atoms.